The summed E-state index contributed by atoms with van der Waals surface area (Å²) >= 11 is 6.10. The molecule has 0 atom stereocenters. The number of halogens is 1. The number of nitrogens with zero attached hydrogens (tertiary/aromatic N) is 2. The van der Waals surface area contributed by atoms with Crippen LogP contribution in [0, 0.1) is 0 Å². The summed E-state index contributed by atoms with van der Waals surface area (Å²) in [6.07, 6.45) is 1.52. The maximum Gasteiger partial charge on any atom is 0.274 e. The minimum Gasteiger partial charge on any atom is -0.504 e. The van der Waals surface area contributed by atoms with Crippen molar-refractivity contribution in [1.29, 1.82) is 0 Å². The molecule has 0 aliphatic heterocycles. The monoisotopic (exact) mass is 352 g/mol. The summed E-state index contributed by atoms with van der Waals surface area (Å²) in [5.74, 6) is -0.806. The fourth-order valence-electron chi connectivity index (χ4n) is 2.73. The molecule has 0 fully saturated rings. The van der Waals surface area contributed by atoms with Gasteiger partial charge in [0.05, 0.1) is 6.54 Å². The molecule has 4 rings (SSSR count). The lowest BCUT2D eigenvalue weighted by Gasteiger charge is -2.08. The van der Waals surface area contributed by atoms with Gasteiger partial charge in [-0.1, -0.05) is 29.8 Å². The summed E-state index contributed by atoms with van der Waals surface area (Å²) < 4.78 is 0. The summed E-state index contributed by atoms with van der Waals surface area (Å²) in [6, 6.07) is 13.2. The number of nitrogens with one attached hydrogen (secondary N) is 2. The summed E-state index contributed by atoms with van der Waals surface area (Å²) in [7, 11) is 0. The Morgan fingerprint density at radius 3 is 2.92 bits per heavy atom. The van der Waals surface area contributed by atoms with Gasteiger partial charge < -0.3 is 15.4 Å². The Morgan fingerprint density at radius 2 is 2.08 bits per heavy atom. The number of amides is 1. The first-order valence-corrected chi connectivity index (χ1v) is 7.99. The van der Waals surface area contributed by atoms with Crippen molar-refractivity contribution in [3.05, 3.63) is 65.2 Å². The lowest BCUT2D eigenvalue weighted by atomic mass is 10.2. The van der Waals surface area contributed by atoms with Gasteiger partial charge in [0.2, 0.25) is 0 Å². The number of fused-ring (bicyclic) bond motifs is 2. The van der Waals surface area contributed by atoms with Gasteiger partial charge in [-0.2, -0.15) is 0 Å². The van der Waals surface area contributed by atoms with E-state index in [2.05, 4.69) is 20.3 Å². The Labute approximate surface area is 147 Å². The van der Waals surface area contributed by atoms with Gasteiger partial charge in [0, 0.05) is 22.8 Å². The average molecular weight is 353 g/mol. The quantitative estimate of drug-likeness (QED) is 0.493. The third-order valence-corrected chi connectivity index (χ3v) is 4.22. The Balaban J connectivity index is 1.60. The van der Waals surface area contributed by atoms with Crippen molar-refractivity contribution in [3.63, 3.8) is 0 Å². The molecule has 6 nitrogen and oxygen atoms in total. The van der Waals surface area contributed by atoms with Crippen LogP contribution in [0.3, 0.4) is 0 Å². The van der Waals surface area contributed by atoms with Gasteiger partial charge in [-0.15, -0.1) is 0 Å². The number of para-hydroxylation sites is 1. The van der Waals surface area contributed by atoms with Crippen LogP contribution in [0.25, 0.3) is 21.8 Å². The molecular formula is C18H13ClN4O2. The van der Waals surface area contributed by atoms with Gasteiger partial charge in [0.15, 0.2) is 11.4 Å². The Morgan fingerprint density at radius 1 is 1.24 bits per heavy atom. The van der Waals surface area contributed by atoms with Crippen LogP contribution in [0.1, 0.15) is 16.2 Å². The van der Waals surface area contributed by atoms with Crippen LogP contribution < -0.4 is 5.32 Å². The molecule has 0 aliphatic rings. The summed E-state index contributed by atoms with van der Waals surface area (Å²) in [4.78, 5) is 23.7. The van der Waals surface area contributed by atoms with Crippen LogP contribution >= 0.6 is 11.6 Å². The normalized spacial score (nSPS) is 11.1. The van der Waals surface area contributed by atoms with E-state index in [0.717, 1.165) is 16.6 Å². The van der Waals surface area contributed by atoms with E-state index >= 15 is 0 Å². The molecule has 1 aromatic carbocycles. The summed E-state index contributed by atoms with van der Waals surface area (Å²) in [5, 5.41) is 14.7. The minimum atomic E-state index is -0.523. The first-order chi connectivity index (χ1) is 12.1. The first kappa shape index (κ1) is 15.4. The van der Waals surface area contributed by atoms with Crippen molar-refractivity contribution in [3.8, 4) is 5.75 Å². The van der Waals surface area contributed by atoms with Crippen molar-refractivity contribution < 1.29 is 9.90 Å². The van der Waals surface area contributed by atoms with Crippen LogP contribution in [-0.4, -0.2) is 26.0 Å². The number of aromatic amines is 1. The van der Waals surface area contributed by atoms with Gasteiger partial charge in [0.1, 0.15) is 10.7 Å². The van der Waals surface area contributed by atoms with Crippen LogP contribution in [0.4, 0.5) is 0 Å². The smallest absolute Gasteiger partial charge is 0.274 e. The highest BCUT2D eigenvalue weighted by Crippen LogP contribution is 2.30. The Hall–Kier alpha value is -3.12. The summed E-state index contributed by atoms with van der Waals surface area (Å²) in [5.41, 5.74) is 1.94. The summed E-state index contributed by atoms with van der Waals surface area (Å²) in [6.45, 7) is 0.270. The van der Waals surface area contributed by atoms with Crippen LogP contribution in [0.15, 0.2) is 48.7 Å². The molecule has 7 heteroatoms. The molecule has 3 aromatic heterocycles. The molecule has 25 heavy (non-hydrogen) atoms. The van der Waals surface area contributed by atoms with Gasteiger partial charge in [-0.05, 0) is 29.7 Å². The van der Waals surface area contributed by atoms with Crippen LogP contribution in [0.5, 0.6) is 5.75 Å². The molecule has 0 saturated heterocycles. The number of aromatic nitrogens is 3. The number of aromatic hydroxyl groups is 1. The fourth-order valence-corrected chi connectivity index (χ4v) is 2.97. The van der Waals surface area contributed by atoms with Gasteiger partial charge >= 0.3 is 0 Å². The number of rotatable bonds is 3. The van der Waals surface area contributed by atoms with Gasteiger partial charge in [0.25, 0.3) is 5.91 Å². The number of H-pyrrole nitrogens is 1. The lowest BCUT2D eigenvalue weighted by Crippen LogP contribution is -2.24. The predicted molar refractivity (Wildman–Crippen MR) is 95.7 cm³/mol. The largest absolute Gasteiger partial charge is 0.504 e. The standard InChI is InChI=1S/C18H13ClN4O2/c19-17-12-5-3-7-20-14(12)16(24)15(23-17)18(25)21-9-11-8-10-4-1-2-6-13(10)22-11/h1-8,22,24H,9H2,(H,21,25). The van der Waals surface area contributed by atoms with E-state index in [1.807, 2.05) is 30.3 Å². The average Bonchev–Trinajstić information content (AvgIpc) is 3.06. The topological polar surface area (TPSA) is 90.9 Å². The maximum atomic E-state index is 12.4. The third kappa shape index (κ3) is 2.77. The number of carbonyl (C=O) groups excluding carboxylic acids is 1. The van der Waals surface area contributed by atoms with E-state index in [-0.39, 0.29) is 28.7 Å². The lowest BCUT2D eigenvalue weighted by molar-refractivity contribution is 0.0943. The molecule has 0 bridgehead atoms. The highest BCUT2D eigenvalue weighted by atomic mass is 35.5. The van der Waals surface area contributed by atoms with E-state index in [9.17, 15) is 9.90 Å². The molecule has 3 N–H and O–H groups in total. The van der Waals surface area contributed by atoms with E-state index < -0.39 is 5.91 Å². The number of benzene rings is 1. The molecule has 0 aliphatic carbocycles. The maximum absolute atomic E-state index is 12.4. The van der Waals surface area contributed by atoms with E-state index in [1.165, 1.54) is 6.20 Å². The Bertz CT molecular complexity index is 1070. The zero-order chi connectivity index (χ0) is 17.4. The van der Waals surface area contributed by atoms with Crippen LogP contribution in [-0.2, 0) is 6.54 Å². The molecular weight excluding hydrogens is 340 g/mol. The third-order valence-electron chi connectivity index (χ3n) is 3.93. The zero-order valence-electron chi connectivity index (χ0n) is 13.0. The molecule has 0 saturated carbocycles. The Kier molecular flexibility index (Phi) is 3.74. The second-order valence-corrected chi connectivity index (χ2v) is 5.92. The second kappa shape index (κ2) is 6.07. The number of pyridine rings is 2. The molecule has 0 unspecified atom stereocenters. The predicted octanol–water partition coefficient (Wildman–Crippen LogP) is 3.40. The van der Waals surface area contributed by atoms with Crippen molar-refractivity contribution in [2.45, 2.75) is 6.54 Å². The van der Waals surface area contributed by atoms with E-state index in [1.54, 1.807) is 12.1 Å². The molecule has 0 radical (unpaired) electrons. The first-order valence-electron chi connectivity index (χ1n) is 7.61. The number of hydrogen-bond acceptors (Lipinski definition) is 4. The van der Waals surface area contributed by atoms with Crippen molar-refractivity contribution in [2.75, 3.05) is 0 Å². The van der Waals surface area contributed by atoms with Gasteiger partial charge in [-0.3, -0.25) is 9.78 Å². The molecule has 124 valence electrons. The molecule has 0 spiro atoms. The number of carbonyl (C=O) groups is 1. The van der Waals surface area contributed by atoms with Crippen molar-refractivity contribution >= 4 is 39.3 Å². The van der Waals surface area contributed by atoms with E-state index in [0.29, 0.717) is 5.39 Å². The van der Waals surface area contributed by atoms with E-state index in [4.69, 9.17) is 11.6 Å². The molecule has 1 amide bonds. The van der Waals surface area contributed by atoms with Crippen molar-refractivity contribution in [2.24, 2.45) is 0 Å². The highest BCUT2D eigenvalue weighted by molar-refractivity contribution is 6.34. The molecule has 3 heterocycles. The van der Waals surface area contributed by atoms with Gasteiger partial charge in [-0.25, -0.2) is 4.98 Å². The zero-order valence-corrected chi connectivity index (χ0v) is 13.7. The second-order valence-electron chi connectivity index (χ2n) is 5.56. The fraction of sp³-hybridized carbons (Fsp3) is 0.0556. The minimum absolute atomic E-state index is 0.122. The van der Waals surface area contributed by atoms with Crippen molar-refractivity contribution in [1.82, 2.24) is 20.3 Å². The SMILES string of the molecule is O=C(NCc1cc2ccccc2[nH]1)c1nc(Cl)c2cccnc2c1O. The van der Waals surface area contributed by atoms with Crippen LogP contribution in [0.2, 0.25) is 5.15 Å². The molecule has 4 aromatic rings. The highest BCUT2D eigenvalue weighted by Gasteiger charge is 2.19. The number of hydrogen-bond donors (Lipinski definition) is 3.